The van der Waals surface area contributed by atoms with E-state index < -0.39 is 25.9 Å². The predicted octanol–water partition coefficient (Wildman–Crippen LogP) is 5.04. The summed E-state index contributed by atoms with van der Waals surface area (Å²) in [4.78, 5) is 23.9. The molecule has 0 saturated carbocycles. The number of ether oxygens (including phenoxy) is 2. The molecule has 1 aromatic heterocycles. The fraction of sp³-hybridized carbons (Fsp3) is 0.393. The van der Waals surface area contributed by atoms with Gasteiger partial charge in [-0.1, -0.05) is 18.2 Å². The van der Waals surface area contributed by atoms with Crippen LogP contribution < -0.4 is 15.0 Å². The lowest BCUT2D eigenvalue weighted by Gasteiger charge is -2.35. The summed E-state index contributed by atoms with van der Waals surface area (Å²) >= 11 is 0. The van der Waals surface area contributed by atoms with Crippen molar-refractivity contribution in [3.05, 3.63) is 66.4 Å². The minimum absolute atomic E-state index is 0.0753. The molecule has 1 atom stereocenters. The molecule has 2 heterocycles. The Kier molecular flexibility index (Phi) is 8.03. The highest BCUT2D eigenvalue weighted by Gasteiger charge is 2.40. The van der Waals surface area contributed by atoms with Crippen molar-refractivity contribution in [3.8, 4) is 17.1 Å². The monoisotopic (exact) mass is 538 g/mol. The zero-order chi connectivity index (χ0) is 27.5. The van der Waals surface area contributed by atoms with Crippen LogP contribution in [0.3, 0.4) is 0 Å². The van der Waals surface area contributed by atoms with Crippen molar-refractivity contribution in [3.63, 3.8) is 0 Å². The first-order chi connectivity index (χ1) is 18.0. The fourth-order valence-electron chi connectivity index (χ4n) is 4.26. The molecule has 1 aliphatic rings. The van der Waals surface area contributed by atoms with Gasteiger partial charge in [0.25, 0.3) is 0 Å². The van der Waals surface area contributed by atoms with Crippen molar-refractivity contribution in [1.29, 1.82) is 0 Å². The molecule has 1 fully saturated rings. The van der Waals surface area contributed by atoms with Crippen LogP contribution in [0.1, 0.15) is 40.3 Å². The normalized spacial score (nSPS) is 16.4. The van der Waals surface area contributed by atoms with Crippen molar-refractivity contribution in [2.24, 2.45) is 0 Å². The average Bonchev–Trinajstić information content (AvgIpc) is 2.89. The topological polar surface area (TPSA) is 111 Å². The number of sulfone groups is 1. The maximum Gasteiger partial charge on any atom is 0.417 e. The van der Waals surface area contributed by atoms with Crippen LogP contribution >= 0.6 is 0 Å². The van der Waals surface area contributed by atoms with Gasteiger partial charge in [0.05, 0.1) is 30.2 Å². The second-order valence-corrected chi connectivity index (χ2v) is 13.1. The van der Waals surface area contributed by atoms with Gasteiger partial charge in [-0.25, -0.2) is 23.2 Å². The summed E-state index contributed by atoms with van der Waals surface area (Å²) in [6, 6.07) is 17.7. The maximum atomic E-state index is 13.3. The van der Waals surface area contributed by atoms with Gasteiger partial charge in [0.2, 0.25) is 0 Å². The van der Waals surface area contributed by atoms with Crippen molar-refractivity contribution in [1.82, 2.24) is 9.97 Å². The molecule has 2 aromatic carbocycles. The molecule has 1 aliphatic heterocycles. The van der Waals surface area contributed by atoms with E-state index in [0.717, 1.165) is 0 Å². The van der Waals surface area contributed by atoms with E-state index in [1.165, 1.54) is 0 Å². The van der Waals surface area contributed by atoms with Crippen LogP contribution in [0.2, 0.25) is 0 Å². The molecule has 0 radical (unpaired) electrons. The quantitative estimate of drug-likeness (QED) is 0.446. The van der Waals surface area contributed by atoms with Gasteiger partial charge in [-0.3, -0.25) is 5.32 Å². The van der Waals surface area contributed by atoms with Crippen LogP contribution in [-0.4, -0.2) is 55.5 Å². The Hall–Kier alpha value is -3.50. The molecule has 1 amide bonds. The van der Waals surface area contributed by atoms with Gasteiger partial charge >= 0.3 is 6.09 Å². The predicted molar refractivity (Wildman–Crippen MR) is 148 cm³/mol. The Bertz CT molecular complexity index is 1380. The van der Waals surface area contributed by atoms with E-state index in [1.54, 1.807) is 82.3 Å². The van der Waals surface area contributed by atoms with Gasteiger partial charge in [0.1, 0.15) is 16.3 Å². The number of nitrogens with one attached hydrogen (secondary N) is 1. The van der Waals surface area contributed by atoms with Crippen LogP contribution in [0.4, 0.5) is 16.3 Å². The van der Waals surface area contributed by atoms with E-state index in [9.17, 15) is 13.2 Å². The highest BCUT2D eigenvalue weighted by molar-refractivity contribution is 7.92. The van der Waals surface area contributed by atoms with E-state index >= 15 is 0 Å². The van der Waals surface area contributed by atoms with E-state index in [-0.39, 0.29) is 6.04 Å². The molecule has 0 aliphatic carbocycles. The second kappa shape index (κ2) is 11.1. The second-order valence-electron chi connectivity index (χ2n) is 10.1. The number of hydrogen-bond donors (Lipinski definition) is 1. The number of anilines is 2. The average molecular weight is 539 g/mol. The van der Waals surface area contributed by atoms with E-state index in [0.29, 0.717) is 54.1 Å². The number of aromatic nitrogens is 2. The summed E-state index contributed by atoms with van der Waals surface area (Å²) in [6.45, 7) is 10.5. The van der Waals surface area contributed by atoms with E-state index in [1.807, 2.05) is 13.0 Å². The molecular formula is C28H34N4O5S. The number of para-hydroxylation sites is 1. The van der Waals surface area contributed by atoms with Gasteiger partial charge in [-0.2, -0.15) is 0 Å². The maximum absolute atomic E-state index is 13.3. The Balaban J connectivity index is 1.66. The van der Waals surface area contributed by atoms with Crippen molar-refractivity contribution >= 4 is 27.4 Å². The van der Waals surface area contributed by atoms with Crippen LogP contribution in [0, 0.1) is 0 Å². The Morgan fingerprint density at radius 3 is 2.42 bits per heavy atom. The molecule has 3 aromatic rings. The minimum atomic E-state index is -3.53. The number of morpholine rings is 1. The third kappa shape index (κ3) is 5.81. The Morgan fingerprint density at radius 2 is 1.79 bits per heavy atom. The van der Waals surface area contributed by atoms with Gasteiger partial charge in [-0.05, 0) is 71.0 Å². The van der Waals surface area contributed by atoms with Crippen LogP contribution in [0.25, 0.3) is 11.4 Å². The molecule has 4 rings (SSSR count). The first-order valence-electron chi connectivity index (χ1n) is 12.6. The molecule has 202 valence electrons. The van der Waals surface area contributed by atoms with Crippen LogP contribution in [-0.2, 0) is 19.3 Å². The molecular weight excluding hydrogens is 504 g/mol. The SMILES string of the molecule is CC(C)S(=O)(=O)C(C)(C)c1cc(N2CCOC[C@@H]2C)nc(-c2ccc(NC(=O)Oc3ccccc3)cc2)n1. The highest BCUT2D eigenvalue weighted by atomic mass is 32.2. The van der Waals surface area contributed by atoms with Gasteiger partial charge in [0.15, 0.2) is 15.7 Å². The highest BCUT2D eigenvalue weighted by Crippen LogP contribution is 2.35. The number of carbonyl (C=O) groups is 1. The standard InChI is InChI=1S/C28H34N4O5S/c1-19(2)38(34,35)28(4,5)24-17-25(32-15-16-36-18-20(32)3)31-26(30-24)21-11-13-22(14-12-21)29-27(33)37-23-9-7-6-8-10-23/h6-14,17,19-20H,15-16,18H2,1-5H3,(H,29,33)/t20-/m0/s1. The number of hydrogen-bond acceptors (Lipinski definition) is 8. The number of amides is 1. The summed E-state index contributed by atoms with van der Waals surface area (Å²) in [6.07, 6.45) is -0.605. The molecule has 9 nitrogen and oxygen atoms in total. The molecule has 10 heteroatoms. The first-order valence-corrected chi connectivity index (χ1v) is 14.2. The summed E-state index contributed by atoms with van der Waals surface area (Å²) in [7, 11) is -3.53. The molecule has 38 heavy (non-hydrogen) atoms. The number of carbonyl (C=O) groups excluding carboxylic acids is 1. The molecule has 0 unspecified atom stereocenters. The summed E-state index contributed by atoms with van der Waals surface area (Å²) in [5.41, 5.74) is 1.66. The van der Waals surface area contributed by atoms with Crippen molar-refractivity contribution in [2.45, 2.75) is 50.7 Å². The zero-order valence-electron chi connectivity index (χ0n) is 22.3. The lowest BCUT2D eigenvalue weighted by Crippen LogP contribution is -2.44. The third-order valence-corrected chi connectivity index (χ3v) is 9.54. The van der Waals surface area contributed by atoms with E-state index in [4.69, 9.17) is 19.4 Å². The van der Waals surface area contributed by atoms with E-state index in [2.05, 4.69) is 10.2 Å². The van der Waals surface area contributed by atoms with Crippen LogP contribution in [0.15, 0.2) is 60.7 Å². The minimum Gasteiger partial charge on any atom is -0.410 e. The van der Waals surface area contributed by atoms with Gasteiger partial charge in [-0.15, -0.1) is 0 Å². The molecule has 1 N–H and O–H groups in total. The van der Waals surface area contributed by atoms with Gasteiger partial charge in [0, 0.05) is 23.9 Å². The fourth-order valence-corrected chi connectivity index (χ4v) is 5.84. The smallest absolute Gasteiger partial charge is 0.410 e. The Labute approximate surface area is 224 Å². The molecule has 0 spiro atoms. The summed E-state index contributed by atoms with van der Waals surface area (Å²) in [5, 5.41) is 2.14. The lowest BCUT2D eigenvalue weighted by molar-refractivity contribution is 0.0985. The van der Waals surface area contributed by atoms with Gasteiger partial charge < -0.3 is 14.4 Å². The van der Waals surface area contributed by atoms with Crippen molar-refractivity contribution < 1.29 is 22.7 Å². The largest absolute Gasteiger partial charge is 0.417 e. The zero-order valence-corrected chi connectivity index (χ0v) is 23.2. The summed E-state index contributed by atoms with van der Waals surface area (Å²) in [5.74, 6) is 1.50. The Morgan fingerprint density at radius 1 is 1.11 bits per heavy atom. The van der Waals surface area contributed by atoms with Crippen molar-refractivity contribution in [2.75, 3.05) is 30.0 Å². The molecule has 0 bridgehead atoms. The third-order valence-electron chi connectivity index (χ3n) is 6.67. The van der Waals surface area contributed by atoms with Crippen LogP contribution in [0.5, 0.6) is 5.75 Å². The first kappa shape index (κ1) is 27.5. The number of rotatable bonds is 7. The number of nitrogens with zero attached hydrogens (tertiary/aromatic N) is 3. The summed E-state index contributed by atoms with van der Waals surface area (Å²) < 4.78 is 36.2. The molecule has 1 saturated heterocycles. The lowest BCUT2D eigenvalue weighted by atomic mass is 10.1. The number of benzene rings is 2.